The van der Waals surface area contributed by atoms with Crippen LogP contribution in [-0.4, -0.2) is 39.8 Å². The molecule has 3 N–H and O–H groups in total. The summed E-state index contributed by atoms with van der Waals surface area (Å²) in [6, 6.07) is -1.79. The first-order chi connectivity index (χ1) is 7.95. The molecule has 1 heterocycles. The second-order valence-electron chi connectivity index (χ2n) is 3.07. The third-order valence-electron chi connectivity index (χ3n) is 1.90. The largest absolute Gasteiger partial charge is 0.463 e. The first-order valence-electron chi connectivity index (χ1n) is 4.55. The number of urea groups is 1. The number of nitrogens with one attached hydrogen (secondary N) is 1. The Morgan fingerprint density at radius 3 is 2.71 bits per heavy atom. The summed E-state index contributed by atoms with van der Waals surface area (Å²) >= 11 is 0. The molecule has 0 radical (unpaired) electrons. The third-order valence-corrected chi connectivity index (χ3v) is 1.90. The van der Waals surface area contributed by atoms with Crippen LogP contribution in [0.4, 0.5) is 4.79 Å². The lowest BCUT2D eigenvalue weighted by atomic mass is 10.3. The van der Waals surface area contributed by atoms with Crippen LogP contribution in [0.1, 0.15) is 23.6 Å². The van der Waals surface area contributed by atoms with Crippen molar-refractivity contribution in [3.63, 3.8) is 0 Å². The number of amides is 3. The molecule has 1 atom stereocenters. The third kappa shape index (κ3) is 3.00. The number of ether oxygens (including phenoxy) is 1. The van der Waals surface area contributed by atoms with Gasteiger partial charge < -0.3 is 10.5 Å². The minimum absolute atomic E-state index is 0.175. The number of hydrogen-bond acceptors (Lipinski definition) is 6. The molecule has 0 aromatic carbocycles. The molecule has 0 saturated heterocycles. The molecule has 3 amide bonds. The van der Waals surface area contributed by atoms with Crippen molar-refractivity contribution in [2.45, 2.75) is 13.0 Å². The van der Waals surface area contributed by atoms with E-state index in [0.29, 0.717) is 0 Å². The van der Waals surface area contributed by atoms with Crippen LogP contribution in [0.15, 0.2) is 6.33 Å². The number of primary amides is 1. The highest BCUT2D eigenvalue weighted by Gasteiger charge is 2.20. The molecule has 0 spiro atoms. The van der Waals surface area contributed by atoms with Crippen molar-refractivity contribution in [2.24, 2.45) is 5.73 Å². The van der Waals surface area contributed by atoms with Gasteiger partial charge in [-0.1, -0.05) is 0 Å². The molecule has 92 valence electrons. The van der Waals surface area contributed by atoms with Crippen LogP contribution in [-0.2, 0) is 9.53 Å². The predicted molar refractivity (Wildman–Crippen MR) is 53.8 cm³/mol. The molecule has 0 aliphatic carbocycles. The number of aromatic nitrogens is 3. The number of carbonyl (C=O) groups excluding carboxylic acids is 3. The van der Waals surface area contributed by atoms with Crippen LogP contribution >= 0.6 is 0 Å². The average Bonchev–Trinajstić information content (AvgIpc) is 2.75. The fourth-order valence-electron chi connectivity index (χ4n) is 0.992. The number of imide groups is 1. The van der Waals surface area contributed by atoms with E-state index >= 15 is 0 Å². The van der Waals surface area contributed by atoms with Crippen LogP contribution in [0, 0.1) is 0 Å². The number of rotatable bonds is 3. The first kappa shape index (κ1) is 12.6. The number of hydrogen-bond donors (Lipinski definition) is 2. The van der Waals surface area contributed by atoms with E-state index in [-0.39, 0.29) is 5.82 Å². The summed E-state index contributed by atoms with van der Waals surface area (Å²) < 4.78 is 5.52. The molecule has 0 fully saturated rings. The maximum Gasteiger partial charge on any atom is 0.377 e. The topological polar surface area (TPSA) is 129 Å². The molecule has 0 aliphatic rings. The van der Waals surface area contributed by atoms with Gasteiger partial charge in [0, 0.05) is 0 Å². The number of methoxy groups -OCH3 is 1. The Morgan fingerprint density at radius 1 is 1.53 bits per heavy atom. The van der Waals surface area contributed by atoms with E-state index in [4.69, 9.17) is 5.73 Å². The minimum atomic E-state index is -0.963. The number of esters is 1. The van der Waals surface area contributed by atoms with Gasteiger partial charge in [-0.25, -0.2) is 19.3 Å². The molecule has 1 aromatic heterocycles. The minimum Gasteiger partial charge on any atom is -0.463 e. The van der Waals surface area contributed by atoms with Gasteiger partial charge in [-0.15, -0.1) is 5.10 Å². The molecule has 17 heavy (non-hydrogen) atoms. The summed E-state index contributed by atoms with van der Waals surface area (Å²) in [6.07, 6.45) is 1.18. The van der Waals surface area contributed by atoms with E-state index in [9.17, 15) is 14.4 Å². The van der Waals surface area contributed by atoms with Gasteiger partial charge in [-0.3, -0.25) is 10.1 Å². The molecule has 9 nitrogen and oxygen atoms in total. The van der Waals surface area contributed by atoms with Crippen molar-refractivity contribution in [1.29, 1.82) is 0 Å². The lowest BCUT2D eigenvalue weighted by molar-refractivity contribution is -0.122. The monoisotopic (exact) mass is 241 g/mol. The molecule has 1 aromatic rings. The Kier molecular flexibility index (Phi) is 3.75. The van der Waals surface area contributed by atoms with Crippen molar-refractivity contribution in [2.75, 3.05) is 7.11 Å². The summed E-state index contributed by atoms with van der Waals surface area (Å²) in [5.74, 6) is -1.55. The van der Waals surface area contributed by atoms with E-state index in [1.165, 1.54) is 20.4 Å². The van der Waals surface area contributed by atoms with Gasteiger partial charge in [0.2, 0.25) is 0 Å². The molecule has 1 unspecified atom stereocenters. The van der Waals surface area contributed by atoms with Crippen LogP contribution in [0.5, 0.6) is 0 Å². The standard InChI is InChI=1S/C8H11N5O4/c1-4(6(14)11-8(9)16)13-3-10-5(12-13)7(15)17-2/h3-4H,1-2H3,(H3,9,11,14,16). The van der Waals surface area contributed by atoms with E-state index in [2.05, 4.69) is 14.8 Å². The zero-order valence-electron chi connectivity index (χ0n) is 9.21. The number of nitrogens with two attached hydrogens (primary N) is 1. The van der Waals surface area contributed by atoms with Gasteiger partial charge >= 0.3 is 12.0 Å². The molecule has 9 heteroatoms. The Hall–Kier alpha value is -2.45. The molecule has 0 bridgehead atoms. The SMILES string of the molecule is COC(=O)c1ncn(C(C)C(=O)NC(N)=O)n1. The number of carbonyl (C=O) groups is 3. The van der Waals surface area contributed by atoms with Crippen molar-refractivity contribution in [3.05, 3.63) is 12.2 Å². The van der Waals surface area contributed by atoms with Gasteiger partial charge in [0.15, 0.2) is 0 Å². The van der Waals surface area contributed by atoms with Crippen molar-refractivity contribution < 1.29 is 19.1 Å². The van der Waals surface area contributed by atoms with Crippen LogP contribution < -0.4 is 11.1 Å². The lowest BCUT2D eigenvalue weighted by Gasteiger charge is -2.09. The quantitative estimate of drug-likeness (QED) is 0.641. The van der Waals surface area contributed by atoms with Crippen molar-refractivity contribution >= 4 is 17.9 Å². The molecular formula is C8H11N5O4. The highest BCUT2D eigenvalue weighted by Crippen LogP contribution is 2.04. The summed E-state index contributed by atoms with van der Waals surface area (Å²) in [7, 11) is 1.19. The lowest BCUT2D eigenvalue weighted by Crippen LogP contribution is -2.39. The van der Waals surface area contributed by atoms with E-state index in [1.807, 2.05) is 5.32 Å². The fourth-order valence-corrected chi connectivity index (χ4v) is 0.992. The van der Waals surface area contributed by atoms with Crippen LogP contribution in [0.3, 0.4) is 0 Å². The second-order valence-corrected chi connectivity index (χ2v) is 3.07. The molecule has 0 aliphatic heterocycles. The Bertz CT molecular complexity index is 455. The normalized spacial score (nSPS) is 11.6. The van der Waals surface area contributed by atoms with Crippen LogP contribution in [0.2, 0.25) is 0 Å². The fraction of sp³-hybridized carbons (Fsp3) is 0.375. The van der Waals surface area contributed by atoms with E-state index in [0.717, 1.165) is 4.68 Å². The molecule has 0 saturated carbocycles. The van der Waals surface area contributed by atoms with E-state index < -0.39 is 23.9 Å². The second kappa shape index (κ2) is 5.05. The average molecular weight is 241 g/mol. The highest BCUT2D eigenvalue weighted by atomic mass is 16.5. The first-order valence-corrected chi connectivity index (χ1v) is 4.55. The maximum absolute atomic E-state index is 11.4. The van der Waals surface area contributed by atoms with Gasteiger partial charge in [0.05, 0.1) is 7.11 Å². The summed E-state index contributed by atoms with van der Waals surface area (Å²) in [5, 5.41) is 5.62. The Balaban J connectivity index is 2.79. The smallest absolute Gasteiger partial charge is 0.377 e. The number of nitrogens with zero attached hydrogens (tertiary/aromatic N) is 3. The predicted octanol–water partition coefficient (Wildman–Crippen LogP) is -1.18. The van der Waals surface area contributed by atoms with Crippen molar-refractivity contribution in [1.82, 2.24) is 20.1 Å². The summed E-state index contributed by atoms with van der Waals surface area (Å²) in [5.41, 5.74) is 4.79. The Labute approximate surface area is 95.9 Å². The Morgan fingerprint density at radius 2 is 2.18 bits per heavy atom. The van der Waals surface area contributed by atoms with Gasteiger partial charge in [-0.05, 0) is 6.92 Å². The zero-order valence-corrected chi connectivity index (χ0v) is 9.21. The van der Waals surface area contributed by atoms with Crippen molar-refractivity contribution in [3.8, 4) is 0 Å². The van der Waals surface area contributed by atoms with Crippen LogP contribution in [0.25, 0.3) is 0 Å². The zero-order chi connectivity index (χ0) is 13.0. The van der Waals surface area contributed by atoms with Gasteiger partial charge in [0.25, 0.3) is 11.7 Å². The van der Waals surface area contributed by atoms with E-state index in [1.54, 1.807) is 0 Å². The van der Waals surface area contributed by atoms with Gasteiger partial charge in [-0.2, -0.15) is 0 Å². The molecular weight excluding hydrogens is 230 g/mol. The van der Waals surface area contributed by atoms with Gasteiger partial charge in [0.1, 0.15) is 12.4 Å². The summed E-state index contributed by atoms with van der Waals surface area (Å²) in [6.45, 7) is 1.47. The summed E-state index contributed by atoms with van der Waals surface area (Å²) in [4.78, 5) is 36.6. The maximum atomic E-state index is 11.4. The molecule has 1 rings (SSSR count). The highest BCUT2D eigenvalue weighted by molar-refractivity contribution is 5.95.